The monoisotopic (exact) mass is 279 g/mol. The van der Waals surface area contributed by atoms with E-state index in [-0.39, 0.29) is 0 Å². The molecule has 2 rings (SSSR count). The van der Waals surface area contributed by atoms with Gasteiger partial charge in [0.05, 0.1) is 0 Å². The van der Waals surface area contributed by atoms with E-state index in [2.05, 4.69) is 30.4 Å². The lowest BCUT2D eigenvalue weighted by Crippen LogP contribution is -2.21. The minimum atomic E-state index is 0.875. The van der Waals surface area contributed by atoms with Crippen LogP contribution in [0.5, 0.6) is 0 Å². The first-order valence-electron chi connectivity index (χ1n) is 7.61. The van der Waals surface area contributed by atoms with Gasteiger partial charge >= 0.3 is 0 Å². The molecule has 2 atom stereocenters. The largest absolute Gasteiger partial charge is 0.313 e. The third-order valence-electron chi connectivity index (χ3n) is 4.34. The van der Waals surface area contributed by atoms with Gasteiger partial charge in [0.2, 0.25) is 0 Å². The zero-order chi connectivity index (χ0) is 13.7. The molecule has 0 amide bonds. The lowest BCUT2D eigenvalue weighted by molar-refractivity contribution is 0.267. The quantitative estimate of drug-likeness (QED) is 0.752. The molecule has 19 heavy (non-hydrogen) atoms. The Kier molecular flexibility index (Phi) is 5.72. The van der Waals surface area contributed by atoms with Gasteiger partial charge in [0.1, 0.15) is 0 Å². The van der Waals surface area contributed by atoms with Crippen LogP contribution in [0.25, 0.3) is 0 Å². The highest BCUT2D eigenvalue weighted by Gasteiger charge is 2.17. The van der Waals surface area contributed by atoms with Crippen molar-refractivity contribution in [2.75, 3.05) is 6.54 Å². The second-order valence-electron chi connectivity index (χ2n) is 6.19. The zero-order valence-electron chi connectivity index (χ0n) is 12.2. The second kappa shape index (κ2) is 7.31. The van der Waals surface area contributed by atoms with E-state index in [0.29, 0.717) is 0 Å². The summed E-state index contributed by atoms with van der Waals surface area (Å²) >= 11 is 6.14. The van der Waals surface area contributed by atoms with Crippen molar-refractivity contribution in [2.45, 2.75) is 52.5 Å². The molecule has 0 saturated heterocycles. The first-order chi connectivity index (χ1) is 9.15. The molecule has 0 spiro atoms. The second-order valence-corrected chi connectivity index (χ2v) is 6.59. The lowest BCUT2D eigenvalue weighted by atomic mass is 9.81. The first kappa shape index (κ1) is 14.9. The number of aryl methyl sites for hydroxylation is 1. The molecule has 0 bridgehead atoms. The minimum absolute atomic E-state index is 0.875. The molecule has 1 aromatic carbocycles. The third kappa shape index (κ3) is 4.81. The summed E-state index contributed by atoms with van der Waals surface area (Å²) in [6, 6.07) is 6.34. The summed E-state index contributed by atoms with van der Waals surface area (Å²) in [6.45, 7) is 6.50. The molecular weight excluding hydrogens is 254 g/mol. The summed E-state index contributed by atoms with van der Waals surface area (Å²) in [5.74, 6) is 1.88. The number of nitrogens with one attached hydrogen (secondary N) is 1. The van der Waals surface area contributed by atoms with Gasteiger partial charge in [0.15, 0.2) is 0 Å². The number of hydrogen-bond donors (Lipinski definition) is 1. The maximum atomic E-state index is 6.14. The fourth-order valence-electron chi connectivity index (χ4n) is 3.11. The van der Waals surface area contributed by atoms with E-state index in [1.165, 1.54) is 37.7 Å². The highest BCUT2D eigenvalue weighted by atomic mass is 35.5. The van der Waals surface area contributed by atoms with Crippen molar-refractivity contribution in [1.29, 1.82) is 0 Å². The molecule has 1 aromatic rings. The van der Waals surface area contributed by atoms with Crippen LogP contribution in [0.1, 0.15) is 50.2 Å². The van der Waals surface area contributed by atoms with Crippen LogP contribution in [0.2, 0.25) is 5.02 Å². The van der Waals surface area contributed by atoms with Crippen LogP contribution in [0.4, 0.5) is 0 Å². The molecule has 1 aliphatic rings. The van der Waals surface area contributed by atoms with Crippen LogP contribution in [-0.4, -0.2) is 6.54 Å². The van der Waals surface area contributed by atoms with Crippen LogP contribution in [0.15, 0.2) is 18.2 Å². The van der Waals surface area contributed by atoms with Gasteiger partial charge < -0.3 is 5.32 Å². The summed E-state index contributed by atoms with van der Waals surface area (Å²) in [4.78, 5) is 0. The average molecular weight is 280 g/mol. The Morgan fingerprint density at radius 3 is 2.89 bits per heavy atom. The van der Waals surface area contributed by atoms with Crippen molar-refractivity contribution in [3.8, 4) is 0 Å². The Balaban J connectivity index is 1.67. The molecule has 1 saturated carbocycles. The SMILES string of the molecule is Cc1ccc(CNCCC2CCCC(C)C2)cc1Cl. The molecular formula is C17H26ClN. The molecule has 2 heteroatoms. The van der Waals surface area contributed by atoms with E-state index in [1.807, 2.05) is 6.92 Å². The van der Waals surface area contributed by atoms with Crippen LogP contribution in [0.3, 0.4) is 0 Å². The molecule has 0 aliphatic heterocycles. The summed E-state index contributed by atoms with van der Waals surface area (Å²) in [6.07, 6.45) is 7.05. The van der Waals surface area contributed by atoms with E-state index in [9.17, 15) is 0 Å². The Morgan fingerprint density at radius 2 is 2.16 bits per heavy atom. The van der Waals surface area contributed by atoms with Crippen LogP contribution >= 0.6 is 11.6 Å². The predicted octanol–water partition coefficient (Wildman–Crippen LogP) is 4.95. The Labute approximate surface area is 122 Å². The van der Waals surface area contributed by atoms with E-state index >= 15 is 0 Å². The van der Waals surface area contributed by atoms with Crippen LogP contribution < -0.4 is 5.32 Å². The summed E-state index contributed by atoms with van der Waals surface area (Å²) in [7, 11) is 0. The normalized spacial score (nSPS) is 23.5. The molecule has 1 fully saturated rings. The van der Waals surface area contributed by atoms with Gasteiger partial charge in [-0.3, -0.25) is 0 Å². The summed E-state index contributed by atoms with van der Waals surface area (Å²) in [5.41, 5.74) is 2.44. The molecule has 0 aromatic heterocycles. The predicted molar refractivity (Wildman–Crippen MR) is 83.6 cm³/mol. The topological polar surface area (TPSA) is 12.0 Å². The smallest absolute Gasteiger partial charge is 0.0438 e. The van der Waals surface area contributed by atoms with Gasteiger partial charge in [-0.05, 0) is 55.3 Å². The van der Waals surface area contributed by atoms with Gasteiger partial charge in [-0.25, -0.2) is 0 Å². The molecule has 0 radical (unpaired) electrons. The average Bonchev–Trinajstić information content (AvgIpc) is 2.39. The Morgan fingerprint density at radius 1 is 1.32 bits per heavy atom. The van der Waals surface area contributed by atoms with E-state index in [4.69, 9.17) is 11.6 Å². The highest BCUT2D eigenvalue weighted by molar-refractivity contribution is 6.31. The maximum Gasteiger partial charge on any atom is 0.0438 e. The summed E-state index contributed by atoms with van der Waals surface area (Å²) < 4.78 is 0. The standard InChI is InChI=1S/C17H26ClN/c1-13-4-3-5-15(10-13)8-9-19-12-16-7-6-14(2)17(18)11-16/h6-7,11,13,15,19H,3-5,8-10,12H2,1-2H3. The Hall–Kier alpha value is -0.530. The number of benzene rings is 1. The fraction of sp³-hybridized carbons (Fsp3) is 0.647. The maximum absolute atomic E-state index is 6.14. The van der Waals surface area contributed by atoms with Crippen molar-refractivity contribution in [2.24, 2.45) is 11.8 Å². The zero-order valence-corrected chi connectivity index (χ0v) is 13.0. The molecule has 106 valence electrons. The van der Waals surface area contributed by atoms with E-state index in [0.717, 1.165) is 35.5 Å². The van der Waals surface area contributed by atoms with E-state index < -0.39 is 0 Å². The third-order valence-corrected chi connectivity index (χ3v) is 4.75. The molecule has 0 heterocycles. The first-order valence-corrected chi connectivity index (χ1v) is 7.98. The number of halogens is 1. The number of hydrogen-bond acceptors (Lipinski definition) is 1. The summed E-state index contributed by atoms with van der Waals surface area (Å²) in [5, 5.41) is 4.43. The molecule has 1 nitrogen and oxygen atoms in total. The van der Waals surface area contributed by atoms with Gasteiger partial charge in [0.25, 0.3) is 0 Å². The van der Waals surface area contributed by atoms with Gasteiger partial charge in [0, 0.05) is 11.6 Å². The Bertz CT molecular complexity index is 402. The van der Waals surface area contributed by atoms with Crippen LogP contribution in [-0.2, 0) is 6.54 Å². The molecule has 1 N–H and O–H groups in total. The number of rotatable bonds is 5. The minimum Gasteiger partial charge on any atom is -0.313 e. The van der Waals surface area contributed by atoms with Gasteiger partial charge in [-0.2, -0.15) is 0 Å². The lowest BCUT2D eigenvalue weighted by Gasteiger charge is -2.26. The van der Waals surface area contributed by atoms with E-state index in [1.54, 1.807) is 0 Å². The highest BCUT2D eigenvalue weighted by Crippen LogP contribution is 2.30. The van der Waals surface area contributed by atoms with Crippen molar-refractivity contribution >= 4 is 11.6 Å². The fourth-order valence-corrected chi connectivity index (χ4v) is 3.31. The van der Waals surface area contributed by atoms with Crippen molar-refractivity contribution in [1.82, 2.24) is 5.32 Å². The molecule has 1 aliphatic carbocycles. The van der Waals surface area contributed by atoms with Crippen LogP contribution in [0, 0.1) is 18.8 Å². The van der Waals surface area contributed by atoms with Gasteiger partial charge in [-0.1, -0.05) is 49.9 Å². The molecule has 2 unspecified atom stereocenters. The van der Waals surface area contributed by atoms with Gasteiger partial charge in [-0.15, -0.1) is 0 Å². The van der Waals surface area contributed by atoms with Crippen molar-refractivity contribution in [3.63, 3.8) is 0 Å². The van der Waals surface area contributed by atoms with Crippen molar-refractivity contribution in [3.05, 3.63) is 34.3 Å². The van der Waals surface area contributed by atoms with Crippen molar-refractivity contribution < 1.29 is 0 Å².